The summed E-state index contributed by atoms with van der Waals surface area (Å²) in [5.74, 6) is 0.579. The van der Waals surface area contributed by atoms with E-state index in [1.165, 1.54) is 0 Å². The minimum atomic E-state index is -0.106. The molecule has 0 radical (unpaired) electrons. The number of aromatic amines is 1. The molecule has 0 aliphatic carbocycles. The number of fused-ring (bicyclic) bond motifs is 1. The molecule has 1 aromatic heterocycles. The molecule has 0 bridgehead atoms. The fraction of sp³-hybridized carbons (Fsp3) is 0.360. The number of nitrogens with zero attached hydrogens (tertiary/aromatic N) is 1. The standard InChI is InChI=1S/C25H29N3O4/c1-3-32-25(30)17-5-4-12-28(16-17)21-8-6-20(7-9-21)26-15-19-13-18-14-22(31-2)10-11-23(18)27-24(19)29/h6-11,13-14,17,26H,3-5,12,15-16H2,1-2H3,(H,27,29)/t17-/m1/s1. The van der Waals surface area contributed by atoms with Crippen molar-refractivity contribution < 1.29 is 14.3 Å². The average molecular weight is 436 g/mol. The molecular weight excluding hydrogens is 406 g/mol. The van der Waals surface area contributed by atoms with E-state index in [0.717, 1.165) is 47.4 Å². The van der Waals surface area contributed by atoms with Gasteiger partial charge in [0.05, 0.1) is 19.6 Å². The summed E-state index contributed by atoms with van der Waals surface area (Å²) < 4.78 is 10.5. The Hall–Kier alpha value is -3.48. The van der Waals surface area contributed by atoms with Gasteiger partial charge in [-0.25, -0.2) is 0 Å². The van der Waals surface area contributed by atoms with Crippen molar-refractivity contribution >= 4 is 28.2 Å². The number of hydrogen-bond donors (Lipinski definition) is 2. The quantitative estimate of drug-likeness (QED) is 0.547. The number of hydrogen-bond acceptors (Lipinski definition) is 6. The predicted octanol–water partition coefficient (Wildman–Crippen LogP) is 3.93. The number of esters is 1. The van der Waals surface area contributed by atoms with Gasteiger partial charge in [-0.05, 0) is 68.3 Å². The van der Waals surface area contributed by atoms with Gasteiger partial charge in [0.15, 0.2) is 0 Å². The van der Waals surface area contributed by atoms with Gasteiger partial charge in [-0.15, -0.1) is 0 Å². The van der Waals surface area contributed by atoms with Crippen LogP contribution in [0.15, 0.2) is 53.3 Å². The van der Waals surface area contributed by atoms with Crippen LogP contribution in [0.3, 0.4) is 0 Å². The molecule has 1 aliphatic rings. The molecule has 0 amide bonds. The van der Waals surface area contributed by atoms with Gasteiger partial charge in [0.2, 0.25) is 0 Å². The van der Waals surface area contributed by atoms with Crippen LogP contribution in [0.2, 0.25) is 0 Å². The fourth-order valence-corrected chi connectivity index (χ4v) is 4.14. The van der Waals surface area contributed by atoms with Gasteiger partial charge in [-0.3, -0.25) is 9.59 Å². The summed E-state index contributed by atoms with van der Waals surface area (Å²) in [7, 11) is 1.62. The van der Waals surface area contributed by atoms with E-state index in [1.54, 1.807) is 7.11 Å². The van der Waals surface area contributed by atoms with Crippen LogP contribution in [0.25, 0.3) is 10.9 Å². The predicted molar refractivity (Wildman–Crippen MR) is 126 cm³/mol. The van der Waals surface area contributed by atoms with E-state index in [4.69, 9.17) is 9.47 Å². The topological polar surface area (TPSA) is 83.7 Å². The van der Waals surface area contributed by atoms with Crippen LogP contribution in [0.1, 0.15) is 25.3 Å². The number of pyridine rings is 1. The Morgan fingerprint density at radius 2 is 2.00 bits per heavy atom. The normalized spacial score (nSPS) is 16.1. The molecule has 32 heavy (non-hydrogen) atoms. The number of methoxy groups -OCH3 is 1. The number of carbonyl (C=O) groups is 1. The number of aromatic nitrogens is 1. The highest BCUT2D eigenvalue weighted by molar-refractivity contribution is 5.80. The number of ether oxygens (including phenoxy) is 2. The second-order valence-corrected chi connectivity index (χ2v) is 8.01. The van der Waals surface area contributed by atoms with Gasteiger partial charge >= 0.3 is 5.97 Å². The lowest BCUT2D eigenvalue weighted by atomic mass is 9.97. The highest BCUT2D eigenvalue weighted by Gasteiger charge is 2.26. The molecule has 3 aromatic rings. The SMILES string of the molecule is CCOC(=O)[C@@H]1CCCN(c2ccc(NCc3cc4cc(OC)ccc4[nH]c3=O)cc2)C1. The molecule has 2 N–H and O–H groups in total. The smallest absolute Gasteiger partial charge is 0.310 e. The van der Waals surface area contributed by atoms with Crippen LogP contribution in [0, 0.1) is 5.92 Å². The first kappa shape index (κ1) is 21.7. The Kier molecular flexibility index (Phi) is 6.63. The summed E-state index contributed by atoms with van der Waals surface area (Å²) >= 11 is 0. The summed E-state index contributed by atoms with van der Waals surface area (Å²) in [6.45, 7) is 4.28. The zero-order chi connectivity index (χ0) is 22.5. The molecule has 4 rings (SSSR count). The van der Waals surface area contributed by atoms with E-state index in [2.05, 4.69) is 15.2 Å². The Morgan fingerprint density at radius 1 is 1.19 bits per heavy atom. The van der Waals surface area contributed by atoms with Gasteiger partial charge in [0, 0.05) is 47.5 Å². The second kappa shape index (κ2) is 9.77. The number of H-pyrrole nitrogens is 1. The molecule has 1 saturated heterocycles. The molecule has 7 heteroatoms. The third kappa shape index (κ3) is 4.88. The van der Waals surface area contributed by atoms with Gasteiger partial charge in [0.25, 0.3) is 5.56 Å². The summed E-state index contributed by atoms with van der Waals surface area (Å²) in [4.78, 5) is 29.7. The lowest BCUT2D eigenvalue weighted by molar-refractivity contribution is -0.148. The van der Waals surface area contributed by atoms with Crippen molar-refractivity contribution in [2.45, 2.75) is 26.3 Å². The van der Waals surface area contributed by atoms with Crippen LogP contribution in [0.5, 0.6) is 5.75 Å². The molecule has 0 spiro atoms. The van der Waals surface area contributed by atoms with Gasteiger partial charge in [-0.1, -0.05) is 0 Å². The van der Waals surface area contributed by atoms with Crippen molar-refractivity contribution in [2.75, 3.05) is 37.0 Å². The maximum absolute atomic E-state index is 12.4. The minimum absolute atomic E-state index is 0.0697. The van der Waals surface area contributed by atoms with Crippen LogP contribution in [0.4, 0.5) is 11.4 Å². The molecule has 1 fully saturated rings. The number of anilines is 2. The van der Waals surface area contributed by atoms with Crippen LogP contribution >= 0.6 is 0 Å². The molecule has 2 aromatic carbocycles. The number of piperidine rings is 1. The number of nitrogens with one attached hydrogen (secondary N) is 2. The van der Waals surface area contributed by atoms with Crippen LogP contribution in [-0.4, -0.2) is 37.8 Å². The average Bonchev–Trinajstić information content (AvgIpc) is 2.83. The van der Waals surface area contributed by atoms with E-state index in [-0.39, 0.29) is 17.4 Å². The third-order valence-corrected chi connectivity index (χ3v) is 5.89. The zero-order valence-electron chi connectivity index (χ0n) is 18.5. The summed E-state index contributed by atoms with van der Waals surface area (Å²) in [6, 6.07) is 15.6. The van der Waals surface area contributed by atoms with E-state index in [1.807, 2.05) is 55.5 Å². The van der Waals surface area contributed by atoms with Crippen molar-refractivity contribution in [1.82, 2.24) is 4.98 Å². The van der Waals surface area contributed by atoms with Gasteiger partial charge < -0.3 is 24.7 Å². The van der Waals surface area contributed by atoms with Crippen molar-refractivity contribution in [3.8, 4) is 5.75 Å². The molecule has 1 atom stereocenters. The lowest BCUT2D eigenvalue weighted by Gasteiger charge is -2.33. The van der Waals surface area contributed by atoms with E-state index >= 15 is 0 Å². The Morgan fingerprint density at radius 3 is 2.75 bits per heavy atom. The first-order chi connectivity index (χ1) is 15.6. The number of carbonyl (C=O) groups excluding carboxylic acids is 1. The summed E-state index contributed by atoms with van der Waals surface area (Å²) in [5, 5.41) is 4.25. The zero-order valence-corrected chi connectivity index (χ0v) is 18.5. The van der Waals surface area contributed by atoms with Crippen LogP contribution in [-0.2, 0) is 16.1 Å². The molecule has 2 heterocycles. The Balaban J connectivity index is 1.41. The number of rotatable bonds is 7. The highest BCUT2D eigenvalue weighted by Crippen LogP contribution is 2.25. The fourth-order valence-electron chi connectivity index (χ4n) is 4.14. The van der Waals surface area contributed by atoms with Crippen molar-refractivity contribution in [3.63, 3.8) is 0 Å². The summed E-state index contributed by atoms with van der Waals surface area (Å²) in [5.41, 5.74) is 3.35. The summed E-state index contributed by atoms with van der Waals surface area (Å²) in [6.07, 6.45) is 1.85. The maximum atomic E-state index is 12.4. The van der Waals surface area contributed by atoms with Gasteiger partial charge in [0.1, 0.15) is 5.75 Å². The minimum Gasteiger partial charge on any atom is -0.497 e. The molecule has 7 nitrogen and oxygen atoms in total. The first-order valence-corrected chi connectivity index (χ1v) is 11.0. The van der Waals surface area contributed by atoms with Crippen molar-refractivity contribution in [1.29, 1.82) is 0 Å². The molecule has 0 unspecified atom stereocenters. The lowest BCUT2D eigenvalue weighted by Crippen LogP contribution is -2.39. The number of benzene rings is 2. The monoisotopic (exact) mass is 435 g/mol. The second-order valence-electron chi connectivity index (χ2n) is 8.01. The molecule has 1 aliphatic heterocycles. The third-order valence-electron chi connectivity index (χ3n) is 5.89. The molecular formula is C25H29N3O4. The largest absolute Gasteiger partial charge is 0.497 e. The maximum Gasteiger partial charge on any atom is 0.310 e. The van der Waals surface area contributed by atoms with E-state index in [0.29, 0.717) is 25.3 Å². The van der Waals surface area contributed by atoms with E-state index in [9.17, 15) is 9.59 Å². The van der Waals surface area contributed by atoms with Crippen LogP contribution < -0.4 is 20.5 Å². The molecule has 168 valence electrons. The van der Waals surface area contributed by atoms with Gasteiger partial charge in [-0.2, -0.15) is 0 Å². The Bertz CT molecular complexity index is 1140. The van der Waals surface area contributed by atoms with E-state index < -0.39 is 0 Å². The highest BCUT2D eigenvalue weighted by atomic mass is 16.5. The molecule has 0 saturated carbocycles. The van der Waals surface area contributed by atoms with Crippen molar-refractivity contribution in [3.05, 3.63) is 64.4 Å². The van der Waals surface area contributed by atoms with Crippen molar-refractivity contribution in [2.24, 2.45) is 5.92 Å². The Labute approximate surface area is 187 Å². The first-order valence-electron chi connectivity index (χ1n) is 11.0.